The second kappa shape index (κ2) is 8.07. The number of methoxy groups -OCH3 is 1. The number of benzene rings is 2. The van der Waals surface area contributed by atoms with E-state index in [4.69, 9.17) is 4.74 Å². The molecule has 3 aromatic rings. The highest BCUT2D eigenvalue weighted by Crippen LogP contribution is 2.38. The number of aromatic hydroxyl groups is 1. The first-order chi connectivity index (χ1) is 14.7. The van der Waals surface area contributed by atoms with Crippen molar-refractivity contribution in [2.24, 2.45) is 0 Å². The average molecular weight is 406 g/mol. The van der Waals surface area contributed by atoms with Gasteiger partial charge in [-0.15, -0.1) is 5.10 Å². The van der Waals surface area contributed by atoms with E-state index in [9.17, 15) is 5.11 Å². The van der Waals surface area contributed by atoms with Gasteiger partial charge >= 0.3 is 0 Å². The Labute approximate surface area is 176 Å². The van der Waals surface area contributed by atoms with Crippen molar-refractivity contribution < 1.29 is 9.84 Å². The van der Waals surface area contributed by atoms with Gasteiger partial charge in [-0.2, -0.15) is 0 Å². The van der Waals surface area contributed by atoms with E-state index in [1.807, 2.05) is 16.8 Å². The molecule has 0 radical (unpaired) electrons. The van der Waals surface area contributed by atoms with Crippen molar-refractivity contribution in [1.82, 2.24) is 25.1 Å². The Hall–Kier alpha value is -2.93. The number of nitrogens with zero attached hydrogens (tertiary/aromatic N) is 5. The smallest absolute Gasteiger partial charge is 0.173 e. The molecule has 156 valence electrons. The van der Waals surface area contributed by atoms with Crippen LogP contribution in [0, 0.1) is 0 Å². The molecule has 1 aliphatic carbocycles. The van der Waals surface area contributed by atoms with Crippen LogP contribution in [0.2, 0.25) is 0 Å². The van der Waals surface area contributed by atoms with Crippen LogP contribution in [0.3, 0.4) is 0 Å². The molecule has 0 unspecified atom stereocenters. The van der Waals surface area contributed by atoms with Crippen molar-refractivity contribution in [2.75, 3.05) is 13.7 Å². The third-order valence-corrected chi connectivity index (χ3v) is 6.48. The maximum Gasteiger partial charge on any atom is 0.173 e. The number of phenolic OH excluding ortho intramolecular Hbond substituents is 1. The molecule has 7 nitrogen and oxygen atoms in total. The number of fused-ring (bicyclic) bond motifs is 1. The molecule has 0 amide bonds. The third kappa shape index (κ3) is 3.43. The summed E-state index contributed by atoms with van der Waals surface area (Å²) in [5.74, 6) is 1.48. The lowest BCUT2D eigenvalue weighted by molar-refractivity contribution is 0.191. The minimum atomic E-state index is -0.108. The minimum Gasteiger partial charge on any atom is -0.504 e. The van der Waals surface area contributed by atoms with Crippen LogP contribution >= 0.6 is 0 Å². The molecule has 1 saturated carbocycles. The molecule has 1 aliphatic heterocycles. The zero-order valence-electron chi connectivity index (χ0n) is 17.2. The van der Waals surface area contributed by atoms with Crippen LogP contribution in [-0.4, -0.2) is 43.9 Å². The third-order valence-electron chi connectivity index (χ3n) is 6.48. The van der Waals surface area contributed by atoms with E-state index in [-0.39, 0.29) is 11.8 Å². The van der Waals surface area contributed by atoms with E-state index < -0.39 is 0 Å². The molecule has 2 aromatic carbocycles. The summed E-state index contributed by atoms with van der Waals surface area (Å²) in [5, 5.41) is 23.1. The Morgan fingerprint density at radius 1 is 1.10 bits per heavy atom. The standard InChI is InChI=1S/C23H27N5O2/c1-30-21-14-17(10-11-20(21)29)22(23-24-25-26-28(23)19-8-4-5-9-19)27-13-12-16-6-2-3-7-18(16)15-27/h2-3,6-7,10-11,14,19,22,29H,4-5,8-9,12-13,15H2,1H3/t22-/m1/s1. The van der Waals surface area contributed by atoms with Gasteiger partial charge in [0.1, 0.15) is 0 Å². The summed E-state index contributed by atoms with van der Waals surface area (Å²) in [6.07, 6.45) is 5.67. The summed E-state index contributed by atoms with van der Waals surface area (Å²) in [7, 11) is 1.58. The number of hydrogen-bond acceptors (Lipinski definition) is 6. The molecule has 5 rings (SSSR count). The molecular formula is C23H27N5O2. The predicted octanol–water partition coefficient (Wildman–Crippen LogP) is 3.65. The highest BCUT2D eigenvalue weighted by Gasteiger charge is 2.33. The van der Waals surface area contributed by atoms with Crippen LogP contribution in [0.1, 0.15) is 60.3 Å². The first kappa shape index (κ1) is 19.1. The summed E-state index contributed by atoms with van der Waals surface area (Å²) in [6.45, 7) is 1.75. The van der Waals surface area contributed by atoms with Crippen LogP contribution in [0.15, 0.2) is 42.5 Å². The van der Waals surface area contributed by atoms with Gasteiger partial charge < -0.3 is 9.84 Å². The van der Waals surface area contributed by atoms with Crippen LogP contribution in [-0.2, 0) is 13.0 Å². The van der Waals surface area contributed by atoms with Crippen molar-refractivity contribution >= 4 is 0 Å². The van der Waals surface area contributed by atoms with Crippen LogP contribution in [0.5, 0.6) is 11.5 Å². The van der Waals surface area contributed by atoms with Crippen molar-refractivity contribution in [3.05, 3.63) is 65.0 Å². The number of tetrazole rings is 1. The maximum atomic E-state index is 10.1. The molecule has 30 heavy (non-hydrogen) atoms. The average Bonchev–Trinajstić information content (AvgIpc) is 3.47. The molecule has 2 aliphatic rings. The number of hydrogen-bond donors (Lipinski definition) is 1. The fourth-order valence-electron chi connectivity index (χ4n) is 4.91. The van der Waals surface area contributed by atoms with Gasteiger partial charge in [-0.25, -0.2) is 4.68 Å². The van der Waals surface area contributed by atoms with Gasteiger partial charge in [-0.1, -0.05) is 43.2 Å². The first-order valence-corrected chi connectivity index (χ1v) is 10.7. The second-order valence-electron chi connectivity index (χ2n) is 8.24. The zero-order chi connectivity index (χ0) is 20.5. The lowest BCUT2D eigenvalue weighted by Gasteiger charge is -2.35. The van der Waals surface area contributed by atoms with E-state index in [0.29, 0.717) is 11.8 Å². The van der Waals surface area contributed by atoms with Gasteiger partial charge in [0.05, 0.1) is 19.2 Å². The summed E-state index contributed by atoms with van der Waals surface area (Å²) < 4.78 is 7.44. The Bertz CT molecular complexity index is 1030. The van der Waals surface area contributed by atoms with Gasteiger partial charge in [0, 0.05) is 13.1 Å². The van der Waals surface area contributed by atoms with E-state index >= 15 is 0 Å². The largest absolute Gasteiger partial charge is 0.504 e. The van der Waals surface area contributed by atoms with Gasteiger partial charge in [0.15, 0.2) is 17.3 Å². The highest BCUT2D eigenvalue weighted by molar-refractivity contribution is 5.44. The molecule has 1 N–H and O–H groups in total. The molecule has 1 aromatic heterocycles. The normalized spacial score (nSPS) is 18.3. The van der Waals surface area contributed by atoms with Crippen molar-refractivity contribution in [2.45, 2.75) is 50.7 Å². The van der Waals surface area contributed by atoms with E-state index in [2.05, 4.69) is 44.7 Å². The van der Waals surface area contributed by atoms with Crippen molar-refractivity contribution in [3.8, 4) is 11.5 Å². The van der Waals surface area contributed by atoms with Crippen molar-refractivity contribution in [3.63, 3.8) is 0 Å². The molecule has 7 heteroatoms. The summed E-state index contributed by atoms with van der Waals surface area (Å²) in [5.41, 5.74) is 3.78. The lowest BCUT2D eigenvalue weighted by Crippen LogP contribution is -2.36. The minimum absolute atomic E-state index is 0.108. The van der Waals surface area contributed by atoms with E-state index in [1.54, 1.807) is 13.2 Å². The predicted molar refractivity (Wildman–Crippen MR) is 112 cm³/mol. The van der Waals surface area contributed by atoms with Gasteiger partial charge in [0.2, 0.25) is 0 Å². The summed E-state index contributed by atoms with van der Waals surface area (Å²) >= 11 is 0. The molecule has 0 spiro atoms. The Morgan fingerprint density at radius 3 is 2.70 bits per heavy atom. The lowest BCUT2D eigenvalue weighted by atomic mass is 9.95. The molecule has 1 fully saturated rings. The summed E-state index contributed by atoms with van der Waals surface area (Å²) in [6, 6.07) is 14.4. The van der Waals surface area contributed by atoms with Gasteiger partial charge in [-0.05, 0) is 58.5 Å². The highest BCUT2D eigenvalue weighted by atomic mass is 16.5. The van der Waals surface area contributed by atoms with Gasteiger partial charge in [0.25, 0.3) is 0 Å². The fraction of sp³-hybridized carbons (Fsp3) is 0.435. The number of phenols is 1. The Morgan fingerprint density at radius 2 is 1.90 bits per heavy atom. The van der Waals surface area contributed by atoms with Crippen molar-refractivity contribution in [1.29, 1.82) is 0 Å². The molecule has 0 saturated heterocycles. The van der Waals surface area contributed by atoms with E-state index in [1.165, 1.54) is 24.0 Å². The number of rotatable bonds is 5. The van der Waals surface area contributed by atoms with E-state index in [0.717, 1.165) is 43.7 Å². The van der Waals surface area contributed by atoms with Crippen LogP contribution in [0.4, 0.5) is 0 Å². The zero-order valence-corrected chi connectivity index (χ0v) is 17.2. The molecule has 2 heterocycles. The number of ether oxygens (including phenoxy) is 1. The maximum absolute atomic E-state index is 10.1. The second-order valence-corrected chi connectivity index (χ2v) is 8.24. The number of aromatic nitrogens is 4. The molecule has 1 atom stereocenters. The molecule has 0 bridgehead atoms. The fourth-order valence-corrected chi connectivity index (χ4v) is 4.91. The SMILES string of the molecule is COc1cc([C@H](c2nnnn2C2CCCC2)N2CCc3ccccc3C2)ccc1O. The van der Waals surface area contributed by atoms with Crippen LogP contribution in [0.25, 0.3) is 0 Å². The topological polar surface area (TPSA) is 76.3 Å². The monoisotopic (exact) mass is 405 g/mol. The Balaban J connectivity index is 1.58. The molecular weight excluding hydrogens is 378 g/mol. The Kier molecular flexibility index (Phi) is 5.12. The first-order valence-electron chi connectivity index (χ1n) is 10.7. The quantitative estimate of drug-likeness (QED) is 0.698. The van der Waals surface area contributed by atoms with Gasteiger partial charge in [-0.3, -0.25) is 4.90 Å². The summed E-state index contributed by atoms with van der Waals surface area (Å²) in [4.78, 5) is 2.44. The van der Waals surface area contributed by atoms with Crippen LogP contribution < -0.4 is 4.74 Å².